The molecule has 0 bridgehead atoms. The molecule has 3 nitrogen and oxygen atoms in total. The van der Waals surface area contributed by atoms with Gasteiger partial charge in [0.05, 0.1) is 0 Å². The van der Waals surface area contributed by atoms with Crippen LogP contribution in [0.3, 0.4) is 0 Å². The molecule has 1 aliphatic rings. The van der Waals surface area contributed by atoms with Crippen molar-refractivity contribution in [3.05, 3.63) is 35.6 Å². The molecule has 0 radical (unpaired) electrons. The Hall–Kier alpha value is -1.42. The topological polar surface area (TPSA) is 53.3 Å². The third kappa shape index (κ3) is 2.70. The number of furan rings is 1. The number of carboxylic acid groups (broad SMARTS) is 1. The number of para-hydroxylation sites is 1. The highest BCUT2D eigenvalue weighted by Crippen LogP contribution is 2.34. The Morgan fingerprint density at radius 1 is 1.25 bits per heavy atom. The Labute approximate surface area is 122 Å². The van der Waals surface area contributed by atoms with Crippen molar-refractivity contribution in [3.8, 4) is 0 Å². The van der Waals surface area contributed by atoms with E-state index < -0.39 is 5.97 Å². The molecule has 0 N–H and O–H groups in total. The SMILES string of the molecule is O=C([O-])c1oc2ccccc2c1CSC1CCCCC1. The van der Waals surface area contributed by atoms with Crippen LogP contribution in [0.15, 0.2) is 28.7 Å². The van der Waals surface area contributed by atoms with Gasteiger partial charge in [0, 0.05) is 22.0 Å². The summed E-state index contributed by atoms with van der Waals surface area (Å²) in [6, 6.07) is 7.48. The molecule has 106 valence electrons. The predicted molar refractivity (Wildman–Crippen MR) is 78.7 cm³/mol. The van der Waals surface area contributed by atoms with Gasteiger partial charge >= 0.3 is 0 Å². The molecular formula is C16H17O3S-. The minimum atomic E-state index is -1.22. The second kappa shape index (κ2) is 5.92. The Morgan fingerprint density at radius 3 is 2.75 bits per heavy atom. The number of carboxylic acids is 1. The van der Waals surface area contributed by atoms with Crippen molar-refractivity contribution in [3.63, 3.8) is 0 Å². The summed E-state index contributed by atoms with van der Waals surface area (Å²) in [5.74, 6) is -0.541. The van der Waals surface area contributed by atoms with Crippen molar-refractivity contribution in [1.82, 2.24) is 0 Å². The summed E-state index contributed by atoms with van der Waals surface area (Å²) in [5.41, 5.74) is 1.40. The van der Waals surface area contributed by atoms with E-state index in [1.54, 1.807) is 6.07 Å². The van der Waals surface area contributed by atoms with Gasteiger partial charge in [0.25, 0.3) is 0 Å². The van der Waals surface area contributed by atoms with Crippen LogP contribution in [0.25, 0.3) is 11.0 Å². The van der Waals surface area contributed by atoms with Crippen molar-refractivity contribution in [2.45, 2.75) is 43.1 Å². The predicted octanol–water partition coefficient (Wildman–Crippen LogP) is 3.36. The maximum absolute atomic E-state index is 11.2. The number of fused-ring (bicyclic) bond motifs is 1. The first-order chi connectivity index (χ1) is 9.75. The Balaban J connectivity index is 1.84. The minimum Gasteiger partial charge on any atom is -0.542 e. The van der Waals surface area contributed by atoms with Crippen molar-refractivity contribution in [1.29, 1.82) is 0 Å². The van der Waals surface area contributed by atoms with Gasteiger partial charge in [-0.3, -0.25) is 0 Å². The molecule has 1 aromatic carbocycles. The zero-order valence-corrected chi connectivity index (χ0v) is 12.1. The maximum Gasteiger partial charge on any atom is 0.154 e. The highest BCUT2D eigenvalue weighted by atomic mass is 32.2. The Kier molecular flexibility index (Phi) is 4.01. The molecular weight excluding hydrogens is 272 g/mol. The zero-order chi connectivity index (χ0) is 13.9. The molecule has 4 heteroatoms. The Bertz CT molecular complexity index is 611. The monoisotopic (exact) mass is 289 g/mol. The number of thioether (sulfide) groups is 1. The molecule has 1 aliphatic carbocycles. The van der Waals surface area contributed by atoms with Gasteiger partial charge in [-0.1, -0.05) is 37.5 Å². The lowest BCUT2D eigenvalue weighted by Crippen LogP contribution is -2.22. The average molecular weight is 289 g/mol. The molecule has 0 spiro atoms. The van der Waals surface area contributed by atoms with Gasteiger partial charge in [-0.25, -0.2) is 0 Å². The van der Waals surface area contributed by atoms with Crippen LogP contribution < -0.4 is 5.11 Å². The lowest BCUT2D eigenvalue weighted by atomic mass is 10.0. The molecule has 1 heterocycles. The maximum atomic E-state index is 11.2. The van der Waals surface area contributed by atoms with Gasteiger partial charge in [0.2, 0.25) is 0 Å². The van der Waals surface area contributed by atoms with Gasteiger partial charge in [0.15, 0.2) is 5.76 Å². The summed E-state index contributed by atoms with van der Waals surface area (Å²) in [6.45, 7) is 0. The highest BCUT2D eigenvalue weighted by molar-refractivity contribution is 7.99. The molecule has 0 atom stereocenters. The van der Waals surface area contributed by atoms with Gasteiger partial charge in [-0.2, -0.15) is 11.8 Å². The number of carbonyl (C=O) groups excluding carboxylic acids is 1. The largest absolute Gasteiger partial charge is 0.542 e. The third-order valence-corrected chi connectivity index (χ3v) is 5.30. The van der Waals surface area contributed by atoms with Crippen LogP contribution in [0.4, 0.5) is 0 Å². The van der Waals surface area contributed by atoms with E-state index in [4.69, 9.17) is 4.42 Å². The van der Waals surface area contributed by atoms with Crippen molar-refractivity contribution in [2.75, 3.05) is 0 Å². The molecule has 20 heavy (non-hydrogen) atoms. The first kappa shape index (κ1) is 13.6. The molecule has 0 saturated heterocycles. The van der Waals surface area contributed by atoms with Crippen LogP contribution in [0.1, 0.15) is 48.2 Å². The zero-order valence-electron chi connectivity index (χ0n) is 11.3. The van der Waals surface area contributed by atoms with Gasteiger partial charge in [-0.05, 0) is 18.9 Å². The lowest BCUT2D eigenvalue weighted by Gasteiger charge is -2.20. The Morgan fingerprint density at radius 2 is 2.00 bits per heavy atom. The summed E-state index contributed by atoms with van der Waals surface area (Å²) in [4.78, 5) is 11.2. The summed E-state index contributed by atoms with van der Waals surface area (Å²) >= 11 is 1.85. The molecule has 2 aromatic rings. The van der Waals surface area contributed by atoms with Gasteiger partial charge in [0.1, 0.15) is 11.6 Å². The fraction of sp³-hybridized carbons (Fsp3) is 0.438. The third-order valence-electron chi connectivity index (χ3n) is 3.90. The molecule has 0 amide bonds. The number of rotatable bonds is 4. The van der Waals surface area contributed by atoms with Gasteiger partial charge in [-0.15, -0.1) is 0 Å². The molecule has 0 aliphatic heterocycles. The number of carbonyl (C=O) groups is 1. The quantitative estimate of drug-likeness (QED) is 0.866. The van der Waals surface area contributed by atoms with Crippen LogP contribution in [0.2, 0.25) is 0 Å². The first-order valence-electron chi connectivity index (χ1n) is 7.09. The van der Waals surface area contributed by atoms with E-state index in [0.29, 0.717) is 16.6 Å². The second-order valence-corrected chi connectivity index (χ2v) is 6.55. The fourth-order valence-electron chi connectivity index (χ4n) is 2.84. The van der Waals surface area contributed by atoms with Crippen molar-refractivity contribution >= 4 is 28.7 Å². The van der Waals surface area contributed by atoms with Crippen LogP contribution in [-0.4, -0.2) is 11.2 Å². The standard InChI is InChI=1S/C16H18O3S/c17-16(18)15-13(10-20-11-6-2-1-3-7-11)12-8-4-5-9-14(12)19-15/h4-5,8-9,11H,1-3,6-7,10H2,(H,17,18)/p-1. The smallest absolute Gasteiger partial charge is 0.154 e. The van der Waals surface area contributed by atoms with E-state index in [9.17, 15) is 9.90 Å². The fourth-order valence-corrected chi connectivity index (χ4v) is 4.20. The normalized spacial score (nSPS) is 16.6. The molecule has 1 saturated carbocycles. The highest BCUT2D eigenvalue weighted by Gasteiger charge is 2.18. The van der Waals surface area contributed by atoms with E-state index in [1.807, 2.05) is 30.0 Å². The van der Waals surface area contributed by atoms with E-state index in [2.05, 4.69) is 0 Å². The van der Waals surface area contributed by atoms with Crippen LogP contribution in [0.5, 0.6) is 0 Å². The van der Waals surface area contributed by atoms with Crippen molar-refractivity contribution in [2.24, 2.45) is 0 Å². The van der Waals surface area contributed by atoms with Crippen molar-refractivity contribution < 1.29 is 14.3 Å². The number of hydrogen-bond acceptors (Lipinski definition) is 4. The number of aromatic carboxylic acids is 1. The molecule has 0 unspecified atom stereocenters. The average Bonchev–Trinajstić information content (AvgIpc) is 2.85. The second-order valence-electron chi connectivity index (χ2n) is 5.26. The van der Waals surface area contributed by atoms with Gasteiger partial charge < -0.3 is 14.3 Å². The number of hydrogen-bond donors (Lipinski definition) is 0. The van der Waals surface area contributed by atoms with Crippen LogP contribution >= 0.6 is 11.8 Å². The van der Waals surface area contributed by atoms with Crippen LogP contribution in [-0.2, 0) is 5.75 Å². The van der Waals surface area contributed by atoms with E-state index in [1.165, 1.54) is 32.1 Å². The summed E-state index contributed by atoms with van der Waals surface area (Å²) in [7, 11) is 0. The van der Waals surface area contributed by atoms with E-state index >= 15 is 0 Å². The number of benzene rings is 1. The summed E-state index contributed by atoms with van der Waals surface area (Å²) in [5, 5.41) is 12.8. The molecule has 3 rings (SSSR count). The summed E-state index contributed by atoms with van der Waals surface area (Å²) in [6.07, 6.45) is 6.38. The molecule has 1 fully saturated rings. The van der Waals surface area contributed by atoms with E-state index in [0.717, 1.165) is 10.9 Å². The first-order valence-corrected chi connectivity index (χ1v) is 8.14. The molecule has 1 aromatic heterocycles. The minimum absolute atomic E-state index is 0.00508. The van der Waals surface area contributed by atoms with E-state index in [-0.39, 0.29) is 5.76 Å². The lowest BCUT2D eigenvalue weighted by molar-refractivity contribution is -0.257. The van der Waals surface area contributed by atoms with Crippen LogP contribution in [0, 0.1) is 0 Å². The summed E-state index contributed by atoms with van der Waals surface area (Å²) < 4.78 is 5.43.